The third-order valence-electron chi connectivity index (χ3n) is 4.02. The van der Waals surface area contributed by atoms with Crippen LogP contribution >= 0.6 is 39.1 Å². The largest absolute Gasteiger partial charge is 0.479 e. The summed E-state index contributed by atoms with van der Waals surface area (Å²) in [6.07, 6.45) is 1.78. The van der Waals surface area contributed by atoms with Crippen LogP contribution in [0.4, 0.5) is 0 Å². The summed E-state index contributed by atoms with van der Waals surface area (Å²) >= 11 is 15.2. The van der Waals surface area contributed by atoms with Gasteiger partial charge in [0.1, 0.15) is 12.4 Å². The molecule has 0 spiro atoms. The molecule has 1 unspecified atom stereocenters. The maximum absolute atomic E-state index is 12.2. The Hall–Kier alpha value is -1.80. The minimum absolute atomic E-state index is 0.0591. The van der Waals surface area contributed by atoms with Crippen molar-refractivity contribution in [2.45, 2.75) is 18.9 Å². The molecule has 0 saturated carbocycles. The molecular weight excluding hydrogens is 487 g/mol. The predicted molar refractivity (Wildman–Crippen MR) is 111 cm³/mol. The van der Waals surface area contributed by atoms with E-state index in [0.717, 1.165) is 12.8 Å². The molecule has 1 fully saturated rings. The van der Waals surface area contributed by atoms with Crippen LogP contribution in [0.15, 0.2) is 40.9 Å². The summed E-state index contributed by atoms with van der Waals surface area (Å²) in [4.78, 5) is 24.3. The van der Waals surface area contributed by atoms with Crippen LogP contribution in [0.3, 0.4) is 0 Å². The zero-order chi connectivity index (χ0) is 20.8. The fourth-order valence-corrected chi connectivity index (χ4v) is 4.04. The Labute approximate surface area is 186 Å². The number of carbonyl (C=O) groups is 2. The molecule has 6 nitrogen and oxygen atoms in total. The first kappa shape index (κ1) is 21.9. The lowest BCUT2D eigenvalue weighted by Gasteiger charge is -2.12. The molecule has 9 heteroatoms. The fourth-order valence-electron chi connectivity index (χ4n) is 2.67. The van der Waals surface area contributed by atoms with Crippen molar-refractivity contribution in [1.29, 1.82) is 0 Å². The van der Waals surface area contributed by atoms with Crippen molar-refractivity contribution in [2.75, 3.05) is 19.8 Å². The van der Waals surface area contributed by atoms with E-state index in [1.807, 2.05) is 0 Å². The van der Waals surface area contributed by atoms with Crippen LogP contribution in [0, 0.1) is 0 Å². The van der Waals surface area contributed by atoms with Crippen LogP contribution < -0.4 is 9.47 Å². The maximum Gasteiger partial charge on any atom is 0.349 e. The molecule has 2 aromatic carbocycles. The van der Waals surface area contributed by atoms with Crippen molar-refractivity contribution in [3.8, 4) is 11.5 Å². The number of hydrogen-bond donors (Lipinski definition) is 0. The van der Waals surface area contributed by atoms with Gasteiger partial charge in [-0.25, -0.2) is 9.59 Å². The van der Waals surface area contributed by atoms with E-state index >= 15 is 0 Å². The maximum atomic E-state index is 12.2. The number of benzene rings is 2. The lowest BCUT2D eigenvalue weighted by Crippen LogP contribution is -2.19. The van der Waals surface area contributed by atoms with Gasteiger partial charge in [-0.3, -0.25) is 0 Å². The standard InChI is InChI=1S/C20H17BrCl2O6/c21-16-8-13(22)9-17(23)19(16)27-11-18(24)29-14-4-1-3-12(7-14)20(25)28-10-15-5-2-6-26-15/h1,3-4,7-9,15H,2,5-6,10-11H2. The Morgan fingerprint density at radius 3 is 2.76 bits per heavy atom. The molecule has 0 bridgehead atoms. The molecule has 1 heterocycles. The normalized spacial score (nSPS) is 15.8. The highest BCUT2D eigenvalue weighted by atomic mass is 79.9. The third kappa shape index (κ3) is 6.34. The number of ether oxygens (including phenoxy) is 4. The lowest BCUT2D eigenvalue weighted by atomic mass is 10.2. The van der Waals surface area contributed by atoms with Crippen LogP contribution in [-0.4, -0.2) is 37.9 Å². The van der Waals surface area contributed by atoms with Gasteiger partial charge in [-0.15, -0.1) is 0 Å². The molecule has 0 N–H and O–H groups in total. The summed E-state index contributed by atoms with van der Waals surface area (Å²) in [5.41, 5.74) is 0.276. The van der Waals surface area contributed by atoms with Gasteiger partial charge in [0.25, 0.3) is 0 Å². The molecule has 0 aliphatic carbocycles. The Kier molecular flexibility index (Phi) is 7.77. The fraction of sp³-hybridized carbons (Fsp3) is 0.300. The summed E-state index contributed by atoms with van der Waals surface area (Å²) in [7, 11) is 0. The van der Waals surface area contributed by atoms with Crippen LogP contribution in [0.25, 0.3) is 0 Å². The van der Waals surface area contributed by atoms with E-state index in [4.69, 9.17) is 42.1 Å². The molecule has 2 aromatic rings. The van der Waals surface area contributed by atoms with Crippen molar-refractivity contribution in [3.63, 3.8) is 0 Å². The second-order valence-corrected chi connectivity index (χ2v) is 7.92. The second kappa shape index (κ2) is 10.3. The van der Waals surface area contributed by atoms with E-state index in [1.165, 1.54) is 12.1 Å². The average Bonchev–Trinajstić information content (AvgIpc) is 3.19. The van der Waals surface area contributed by atoms with Crippen molar-refractivity contribution in [2.24, 2.45) is 0 Å². The van der Waals surface area contributed by atoms with Gasteiger partial charge in [0.2, 0.25) is 0 Å². The molecule has 1 aliphatic rings. The first-order chi connectivity index (χ1) is 13.9. The van der Waals surface area contributed by atoms with Crippen molar-refractivity contribution >= 4 is 51.1 Å². The van der Waals surface area contributed by atoms with Crippen LogP contribution in [0.5, 0.6) is 11.5 Å². The van der Waals surface area contributed by atoms with E-state index < -0.39 is 11.9 Å². The second-order valence-electron chi connectivity index (χ2n) is 6.22. The SMILES string of the molecule is O=C(COc1c(Cl)cc(Cl)cc1Br)Oc1cccc(C(=O)OCC2CCCO2)c1. The van der Waals surface area contributed by atoms with Gasteiger partial charge in [-0.1, -0.05) is 29.3 Å². The molecule has 1 atom stereocenters. The van der Waals surface area contributed by atoms with Gasteiger partial charge in [0.05, 0.1) is 21.2 Å². The first-order valence-electron chi connectivity index (χ1n) is 8.79. The van der Waals surface area contributed by atoms with Gasteiger partial charge in [0, 0.05) is 11.6 Å². The molecule has 154 valence electrons. The smallest absolute Gasteiger partial charge is 0.349 e. The minimum Gasteiger partial charge on any atom is -0.479 e. The first-order valence-corrected chi connectivity index (χ1v) is 10.3. The molecule has 0 aromatic heterocycles. The summed E-state index contributed by atoms with van der Waals surface area (Å²) in [6, 6.07) is 9.26. The van der Waals surface area contributed by atoms with Crippen molar-refractivity contribution in [1.82, 2.24) is 0 Å². The molecular formula is C20H17BrCl2O6. The lowest BCUT2D eigenvalue weighted by molar-refractivity contribution is -0.136. The van der Waals surface area contributed by atoms with Crippen molar-refractivity contribution in [3.05, 3.63) is 56.5 Å². The highest BCUT2D eigenvalue weighted by Crippen LogP contribution is 2.36. The summed E-state index contributed by atoms with van der Waals surface area (Å²) in [6.45, 7) is 0.509. The summed E-state index contributed by atoms with van der Waals surface area (Å²) in [5, 5.41) is 0.688. The number of halogens is 3. The summed E-state index contributed by atoms with van der Waals surface area (Å²) < 4.78 is 21.8. The molecule has 29 heavy (non-hydrogen) atoms. The third-order valence-corrected chi connectivity index (χ3v) is 5.11. The van der Waals surface area contributed by atoms with Gasteiger partial charge in [-0.2, -0.15) is 0 Å². The van der Waals surface area contributed by atoms with Crippen molar-refractivity contribution < 1.29 is 28.5 Å². The molecule has 0 amide bonds. The molecule has 1 saturated heterocycles. The number of carbonyl (C=O) groups excluding carboxylic acids is 2. The Morgan fingerprint density at radius 2 is 2.03 bits per heavy atom. The van der Waals surface area contributed by atoms with Gasteiger partial charge in [-0.05, 0) is 59.1 Å². The Morgan fingerprint density at radius 1 is 1.21 bits per heavy atom. The highest BCUT2D eigenvalue weighted by molar-refractivity contribution is 9.10. The molecule has 1 aliphatic heterocycles. The molecule has 3 rings (SSSR count). The van der Waals surface area contributed by atoms with E-state index in [-0.39, 0.29) is 41.4 Å². The van der Waals surface area contributed by atoms with E-state index in [1.54, 1.807) is 24.3 Å². The van der Waals surface area contributed by atoms with Gasteiger partial charge in [0.15, 0.2) is 12.4 Å². The Balaban J connectivity index is 1.54. The Bertz CT molecular complexity index is 875. The van der Waals surface area contributed by atoms with E-state index in [9.17, 15) is 9.59 Å². The highest BCUT2D eigenvalue weighted by Gasteiger charge is 2.19. The predicted octanol–water partition coefficient (Wildman–Crippen LogP) is 5.08. The van der Waals surface area contributed by atoms with Crippen LogP contribution in [0.2, 0.25) is 10.0 Å². The number of esters is 2. The average molecular weight is 504 g/mol. The quantitative estimate of drug-likeness (QED) is 0.387. The number of rotatable bonds is 7. The molecule has 0 radical (unpaired) electrons. The monoisotopic (exact) mass is 502 g/mol. The minimum atomic E-state index is -0.659. The van der Waals surface area contributed by atoms with Gasteiger partial charge >= 0.3 is 11.9 Å². The van der Waals surface area contributed by atoms with E-state index in [0.29, 0.717) is 16.1 Å². The van der Waals surface area contributed by atoms with Crippen LogP contribution in [0.1, 0.15) is 23.2 Å². The zero-order valence-electron chi connectivity index (χ0n) is 15.2. The van der Waals surface area contributed by atoms with Crippen LogP contribution in [-0.2, 0) is 14.3 Å². The van der Waals surface area contributed by atoms with E-state index in [2.05, 4.69) is 15.9 Å². The zero-order valence-corrected chi connectivity index (χ0v) is 18.3. The topological polar surface area (TPSA) is 71.1 Å². The number of hydrogen-bond acceptors (Lipinski definition) is 6. The summed E-state index contributed by atoms with van der Waals surface area (Å²) in [5.74, 6) is -0.690. The van der Waals surface area contributed by atoms with Gasteiger partial charge < -0.3 is 18.9 Å².